The van der Waals surface area contributed by atoms with Gasteiger partial charge in [0.1, 0.15) is 0 Å². The van der Waals surface area contributed by atoms with Crippen molar-refractivity contribution in [2.24, 2.45) is 16.8 Å². The molecule has 2 heterocycles. The van der Waals surface area contributed by atoms with Crippen molar-refractivity contribution in [3.05, 3.63) is 65.5 Å². The van der Waals surface area contributed by atoms with Crippen LogP contribution in [-0.2, 0) is 19.5 Å². The minimum absolute atomic E-state index is 0.765. The summed E-state index contributed by atoms with van der Waals surface area (Å²) in [6.07, 6.45) is 4.07. The molecule has 156 valence electrons. The number of piperidine rings is 1. The van der Waals surface area contributed by atoms with Crippen LogP contribution in [0.2, 0.25) is 0 Å². The van der Waals surface area contributed by atoms with Gasteiger partial charge in [-0.1, -0.05) is 44.2 Å². The van der Waals surface area contributed by atoms with Crippen LogP contribution in [0, 0.1) is 11.8 Å². The first kappa shape index (κ1) is 21.3. The molecule has 1 aliphatic rings. The predicted molar refractivity (Wildman–Crippen MR) is 121 cm³/mol. The minimum Gasteiger partial charge on any atom is -0.356 e. The van der Waals surface area contributed by atoms with Gasteiger partial charge in [0.15, 0.2) is 5.96 Å². The molecule has 3 rings (SSSR count). The Morgan fingerprint density at radius 1 is 1.03 bits per heavy atom. The first-order valence-corrected chi connectivity index (χ1v) is 10.8. The van der Waals surface area contributed by atoms with Gasteiger partial charge >= 0.3 is 0 Å². The number of nitrogens with one attached hydrogen (secondary N) is 2. The Bertz CT molecular complexity index is 747. The van der Waals surface area contributed by atoms with Crippen LogP contribution in [0.15, 0.2) is 53.7 Å². The molecule has 1 saturated heterocycles. The van der Waals surface area contributed by atoms with E-state index in [2.05, 4.69) is 63.6 Å². The highest BCUT2D eigenvalue weighted by atomic mass is 15.2. The molecule has 1 aromatic heterocycles. The summed E-state index contributed by atoms with van der Waals surface area (Å²) in [5, 5.41) is 6.75. The van der Waals surface area contributed by atoms with Crippen LogP contribution >= 0.6 is 0 Å². The van der Waals surface area contributed by atoms with E-state index in [0.717, 1.165) is 49.5 Å². The normalized spacial score (nSPS) is 20.4. The smallest absolute Gasteiger partial charge is 0.191 e. The summed E-state index contributed by atoms with van der Waals surface area (Å²) >= 11 is 0. The van der Waals surface area contributed by atoms with Gasteiger partial charge in [-0.2, -0.15) is 0 Å². The Balaban J connectivity index is 1.41. The van der Waals surface area contributed by atoms with Crippen LogP contribution in [0.3, 0.4) is 0 Å². The molecule has 0 radical (unpaired) electrons. The Kier molecular flexibility index (Phi) is 8.05. The lowest BCUT2D eigenvalue weighted by Gasteiger charge is -2.35. The van der Waals surface area contributed by atoms with Gasteiger partial charge in [-0.05, 0) is 41.5 Å². The average molecular weight is 394 g/mol. The van der Waals surface area contributed by atoms with Crippen LogP contribution in [0.5, 0.6) is 0 Å². The predicted octanol–water partition coefficient (Wildman–Crippen LogP) is 3.47. The monoisotopic (exact) mass is 393 g/mol. The van der Waals surface area contributed by atoms with Crippen LogP contribution in [0.4, 0.5) is 0 Å². The van der Waals surface area contributed by atoms with E-state index in [0.29, 0.717) is 0 Å². The van der Waals surface area contributed by atoms with Crippen molar-refractivity contribution in [2.75, 3.05) is 26.7 Å². The van der Waals surface area contributed by atoms with Gasteiger partial charge in [-0.3, -0.25) is 14.9 Å². The fourth-order valence-corrected chi connectivity index (χ4v) is 4.20. The number of benzene rings is 1. The molecule has 0 bridgehead atoms. The summed E-state index contributed by atoms with van der Waals surface area (Å²) in [5.74, 6) is 2.43. The van der Waals surface area contributed by atoms with Crippen molar-refractivity contribution < 1.29 is 0 Å². The minimum atomic E-state index is 0.765. The number of aromatic nitrogens is 1. The second kappa shape index (κ2) is 11.0. The van der Waals surface area contributed by atoms with E-state index in [4.69, 9.17) is 0 Å². The SMILES string of the molecule is CN=C(NCCc1ccccn1)NCc1ccc(CN2CC(C)CC(C)C2)cc1. The first-order chi connectivity index (χ1) is 14.1. The van der Waals surface area contributed by atoms with Gasteiger partial charge < -0.3 is 10.6 Å². The van der Waals surface area contributed by atoms with Crippen molar-refractivity contribution in [3.8, 4) is 0 Å². The number of likely N-dealkylation sites (tertiary alicyclic amines) is 1. The maximum absolute atomic E-state index is 4.35. The molecule has 1 aliphatic heterocycles. The van der Waals surface area contributed by atoms with Gasteiger partial charge in [0.2, 0.25) is 0 Å². The number of rotatable bonds is 7. The number of hydrogen-bond acceptors (Lipinski definition) is 3. The van der Waals surface area contributed by atoms with Gasteiger partial charge in [0.25, 0.3) is 0 Å². The Morgan fingerprint density at radius 3 is 2.41 bits per heavy atom. The summed E-state index contributed by atoms with van der Waals surface area (Å²) in [6, 6.07) is 15.0. The zero-order valence-electron chi connectivity index (χ0n) is 18.1. The lowest BCUT2D eigenvalue weighted by Crippen LogP contribution is -2.38. The number of pyridine rings is 1. The molecule has 0 amide bonds. The molecule has 1 fully saturated rings. The third-order valence-corrected chi connectivity index (χ3v) is 5.46. The van der Waals surface area contributed by atoms with E-state index >= 15 is 0 Å². The van der Waals surface area contributed by atoms with E-state index in [1.807, 2.05) is 24.4 Å². The first-order valence-electron chi connectivity index (χ1n) is 10.8. The van der Waals surface area contributed by atoms with Crippen LogP contribution in [0.25, 0.3) is 0 Å². The van der Waals surface area contributed by atoms with Gasteiger partial charge in [0.05, 0.1) is 0 Å². The van der Waals surface area contributed by atoms with E-state index < -0.39 is 0 Å². The van der Waals surface area contributed by atoms with Crippen LogP contribution < -0.4 is 10.6 Å². The maximum atomic E-state index is 4.35. The fraction of sp³-hybridized carbons (Fsp3) is 0.500. The van der Waals surface area contributed by atoms with Gasteiger partial charge in [-0.15, -0.1) is 0 Å². The summed E-state index contributed by atoms with van der Waals surface area (Å²) in [6.45, 7) is 9.80. The zero-order valence-corrected chi connectivity index (χ0v) is 18.1. The molecule has 2 aromatic rings. The van der Waals surface area contributed by atoms with Crippen molar-refractivity contribution in [3.63, 3.8) is 0 Å². The van der Waals surface area contributed by atoms with Crippen LogP contribution in [-0.4, -0.2) is 42.5 Å². The summed E-state index contributed by atoms with van der Waals surface area (Å²) < 4.78 is 0. The number of hydrogen-bond donors (Lipinski definition) is 2. The number of aliphatic imine (C=N–C) groups is 1. The molecule has 0 spiro atoms. The summed E-state index contributed by atoms with van der Waals surface area (Å²) in [4.78, 5) is 11.3. The van der Waals surface area contributed by atoms with E-state index in [1.54, 1.807) is 7.05 Å². The lowest BCUT2D eigenvalue weighted by molar-refractivity contribution is 0.134. The van der Waals surface area contributed by atoms with Crippen molar-refractivity contribution in [1.29, 1.82) is 0 Å². The van der Waals surface area contributed by atoms with Gasteiger partial charge in [-0.25, -0.2) is 0 Å². The van der Waals surface area contributed by atoms with Crippen molar-refractivity contribution >= 4 is 5.96 Å². The molecule has 2 atom stereocenters. The maximum Gasteiger partial charge on any atom is 0.191 e. The molecular weight excluding hydrogens is 358 g/mol. The number of nitrogens with zero attached hydrogens (tertiary/aromatic N) is 3. The zero-order chi connectivity index (χ0) is 20.5. The fourth-order valence-electron chi connectivity index (χ4n) is 4.20. The molecule has 2 unspecified atom stereocenters. The van der Waals surface area contributed by atoms with Crippen molar-refractivity contribution in [2.45, 2.75) is 39.8 Å². The highest BCUT2D eigenvalue weighted by Gasteiger charge is 2.21. The number of guanidine groups is 1. The molecule has 5 heteroatoms. The topological polar surface area (TPSA) is 52.6 Å². The molecule has 5 nitrogen and oxygen atoms in total. The van der Waals surface area contributed by atoms with E-state index in [1.165, 1.54) is 30.6 Å². The summed E-state index contributed by atoms with van der Waals surface area (Å²) in [7, 11) is 1.81. The molecule has 0 aliphatic carbocycles. The third kappa shape index (κ3) is 7.17. The Hall–Kier alpha value is -2.40. The molecule has 29 heavy (non-hydrogen) atoms. The molecular formula is C24H35N5. The lowest BCUT2D eigenvalue weighted by atomic mass is 9.91. The quantitative estimate of drug-likeness (QED) is 0.559. The van der Waals surface area contributed by atoms with E-state index in [-0.39, 0.29) is 0 Å². The third-order valence-electron chi connectivity index (χ3n) is 5.46. The van der Waals surface area contributed by atoms with E-state index in [9.17, 15) is 0 Å². The standard InChI is InChI=1S/C24H35N5/c1-19-14-20(2)17-29(16-19)18-22-9-7-21(8-10-22)15-28-24(25-3)27-13-11-23-6-4-5-12-26-23/h4-10,12,19-20H,11,13-18H2,1-3H3,(H2,25,27,28). The highest BCUT2D eigenvalue weighted by molar-refractivity contribution is 5.79. The largest absolute Gasteiger partial charge is 0.356 e. The highest BCUT2D eigenvalue weighted by Crippen LogP contribution is 2.22. The molecule has 0 saturated carbocycles. The Morgan fingerprint density at radius 2 is 1.76 bits per heavy atom. The van der Waals surface area contributed by atoms with Crippen LogP contribution in [0.1, 0.15) is 37.1 Å². The van der Waals surface area contributed by atoms with Crippen molar-refractivity contribution in [1.82, 2.24) is 20.5 Å². The molecule has 2 N–H and O–H groups in total. The second-order valence-electron chi connectivity index (χ2n) is 8.38. The Labute approximate surface area is 175 Å². The van der Waals surface area contributed by atoms with Gasteiger partial charge in [0, 0.05) is 58.1 Å². The summed E-state index contributed by atoms with van der Waals surface area (Å²) in [5.41, 5.74) is 3.75. The molecule has 1 aromatic carbocycles. The second-order valence-corrected chi connectivity index (χ2v) is 8.38. The average Bonchev–Trinajstić information content (AvgIpc) is 2.71.